The summed E-state index contributed by atoms with van der Waals surface area (Å²) in [4.78, 5) is 37.4. The predicted molar refractivity (Wildman–Crippen MR) is 64.0 cm³/mol. The van der Waals surface area contributed by atoms with Gasteiger partial charge in [0.05, 0.1) is 11.4 Å². The molecule has 0 atom stereocenters. The van der Waals surface area contributed by atoms with Crippen molar-refractivity contribution in [1.29, 1.82) is 0 Å². The Kier molecular flexibility index (Phi) is 3.38. The van der Waals surface area contributed by atoms with Crippen LogP contribution < -0.4 is 0 Å². The van der Waals surface area contributed by atoms with Crippen molar-refractivity contribution in [2.75, 3.05) is 6.54 Å². The third-order valence-electron chi connectivity index (χ3n) is 2.74. The molecule has 1 saturated heterocycles. The van der Waals surface area contributed by atoms with Crippen LogP contribution >= 0.6 is 11.3 Å². The topological polar surface area (TPSA) is 54.5 Å². The molecule has 1 aromatic heterocycles. The standard InChI is InChI=1S/C12H13NO3S/c1-2-8-3-4-10(17-8)9(14)7-13-11(15)5-6-12(13)16/h3-4H,2,5-7H2,1H3. The lowest BCUT2D eigenvalue weighted by atomic mass is 10.3. The average molecular weight is 251 g/mol. The molecule has 0 spiro atoms. The maximum absolute atomic E-state index is 11.9. The van der Waals surface area contributed by atoms with Gasteiger partial charge < -0.3 is 0 Å². The maximum Gasteiger partial charge on any atom is 0.230 e. The van der Waals surface area contributed by atoms with E-state index in [0.717, 1.165) is 16.2 Å². The van der Waals surface area contributed by atoms with Gasteiger partial charge in [0.1, 0.15) is 0 Å². The summed E-state index contributed by atoms with van der Waals surface area (Å²) in [6.07, 6.45) is 1.35. The summed E-state index contributed by atoms with van der Waals surface area (Å²) in [5, 5.41) is 0. The molecule has 0 radical (unpaired) electrons. The molecule has 1 aliphatic rings. The predicted octanol–water partition coefficient (Wildman–Crippen LogP) is 1.64. The first kappa shape index (κ1) is 12.0. The van der Waals surface area contributed by atoms with Crippen LogP contribution in [0.1, 0.15) is 34.3 Å². The molecule has 4 nitrogen and oxygen atoms in total. The van der Waals surface area contributed by atoms with Gasteiger partial charge in [-0.05, 0) is 18.6 Å². The number of thiophene rings is 1. The Hall–Kier alpha value is -1.49. The largest absolute Gasteiger partial charge is 0.291 e. The van der Waals surface area contributed by atoms with Crippen LogP contribution in [-0.2, 0) is 16.0 Å². The molecule has 0 bridgehead atoms. The van der Waals surface area contributed by atoms with E-state index in [4.69, 9.17) is 0 Å². The molecule has 0 saturated carbocycles. The molecule has 0 aromatic carbocycles. The second-order valence-electron chi connectivity index (χ2n) is 3.92. The van der Waals surface area contributed by atoms with E-state index in [1.54, 1.807) is 6.07 Å². The first-order chi connectivity index (χ1) is 8.11. The number of hydrogen-bond donors (Lipinski definition) is 0. The SMILES string of the molecule is CCc1ccc(C(=O)CN2C(=O)CCC2=O)s1. The smallest absolute Gasteiger partial charge is 0.230 e. The third kappa shape index (κ3) is 2.44. The van der Waals surface area contributed by atoms with E-state index in [9.17, 15) is 14.4 Å². The minimum Gasteiger partial charge on any atom is -0.291 e. The van der Waals surface area contributed by atoms with Crippen LogP contribution in [0.5, 0.6) is 0 Å². The Morgan fingerprint density at radius 3 is 2.47 bits per heavy atom. The van der Waals surface area contributed by atoms with E-state index in [1.807, 2.05) is 13.0 Å². The lowest BCUT2D eigenvalue weighted by molar-refractivity contribution is -0.137. The monoisotopic (exact) mass is 251 g/mol. The molecular formula is C12H13NO3S. The van der Waals surface area contributed by atoms with E-state index in [2.05, 4.69) is 0 Å². The van der Waals surface area contributed by atoms with Crippen LogP contribution in [0.4, 0.5) is 0 Å². The number of hydrogen-bond acceptors (Lipinski definition) is 4. The van der Waals surface area contributed by atoms with E-state index >= 15 is 0 Å². The molecular weight excluding hydrogens is 238 g/mol. The molecule has 2 amide bonds. The molecule has 0 N–H and O–H groups in total. The van der Waals surface area contributed by atoms with E-state index in [1.165, 1.54) is 11.3 Å². The van der Waals surface area contributed by atoms with Gasteiger partial charge in [0.25, 0.3) is 0 Å². The number of amides is 2. The van der Waals surface area contributed by atoms with Crippen molar-refractivity contribution in [2.45, 2.75) is 26.2 Å². The van der Waals surface area contributed by atoms with Crippen LogP contribution in [0, 0.1) is 0 Å². The summed E-state index contributed by atoms with van der Waals surface area (Å²) in [5.74, 6) is -0.635. The second-order valence-corrected chi connectivity index (χ2v) is 5.08. The van der Waals surface area contributed by atoms with Crippen LogP contribution in [-0.4, -0.2) is 29.0 Å². The first-order valence-corrected chi connectivity index (χ1v) is 6.38. The molecule has 2 heterocycles. The minimum absolute atomic E-state index is 0.110. The summed E-state index contributed by atoms with van der Waals surface area (Å²) in [6.45, 7) is 1.91. The highest BCUT2D eigenvalue weighted by Gasteiger charge is 2.30. The zero-order chi connectivity index (χ0) is 12.4. The molecule has 5 heteroatoms. The fourth-order valence-electron chi connectivity index (χ4n) is 1.74. The minimum atomic E-state index is -0.240. The van der Waals surface area contributed by atoms with Crippen molar-refractivity contribution < 1.29 is 14.4 Å². The Bertz CT molecular complexity index is 462. The number of likely N-dealkylation sites (tertiary alicyclic amines) is 1. The van der Waals surface area contributed by atoms with Crippen molar-refractivity contribution in [2.24, 2.45) is 0 Å². The number of ketones is 1. The van der Waals surface area contributed by atoms with Gasteiger partial charge in [-0.3, -0.25) is 19.3 Å². The zero-order valence-corrected chi connectivity index (χ0v) is 10.4. The van der Waals surface area contributed by atoms with Gasteiger partial charge >= 0.3 is 0 Å². The highest BCUT2D eigenvalue weighted by molar-refractivity contribution is 7.14. The van der Waals surface area contributed by atoms with Crippen molar-refractivity contribution in [3.63, 3.8) is 0 Å². The van der Waals surface area contributed by atoms with Crippen LogP contribution in [0.25, 0.3) is 0 Å². The maximum atomic E-state index is 11.9. The highest BCUT2D eigenvalue weighted by atomic mass is 32.1. The molecule has 1 aliphatic heterocycles. The molecule has 1 fully saturated rings. The number of rotatable bonds is 4. The van der Waals surface area contributed by atoms with Gasteiger partial charge in [0.15, 0.2) is 5.78 Å². The number of Topliss-reactive ketones (excluding diaryl/α,β-unsaturated/α-hetero) is 1. The zero-order valence-electron chi connectivity index (χ0n) is 9.56. The summed E-state index contributed by atoms with van der Waals surface area (Å²) >= 11 is 1.43. The Morgan fingerprint density at radius 2 is 1.94 bits per heavy atom. The van der Waals surface area contributed by atoms with Crippen LogP contribution in [0.3, 0.4) is 0 Å². The van der Waals surface area contributed by atoms with Crippen LogP contribution in [0.2, 0.25) is 0 Å². The number of carbonyl (C=O) groups excluding carboxylic acids is 3. The molecule has 2 rings (SSSR count). The first-order valence-electron chi connectivity index (χ1n) is 5.57. The summed E-state index contributed by atoms with van der Waals surface area (Å²) < 4.78 is 0. The molecule has 1 aromatic rings. The quantitative estimate of drug-likeness (QED) is 0.604. The number of carbonyl (C=O) groups is 3. The van der Waals surface area contributed by atoms with Crippen molar-refractivity contribution in [1.82, 2.24) is 4.90 Å². The van der Waals surface area contributed by atoms with Crippen molar-refractivity contribution >= 4 is 28.9 Å². The molecule has 0 unspecified atom stereocenters. The third-order valence-corrected chi connectivity index (χ3v) is 4.01. The Morgan fingerprint density at radius 1 is 1.29 bits per heavy atom. The van der Waals surface area contributed by atoms with E-state index < -0.39 is 0 Å². The lowest BCUT2D eigenvalue weighted by Crippen LogP contribution is -2.34. The number of aryl methyl sites for hydroxylation is 1. The van der Waals surface area contributed by atoms with Gasteiger partial charge in [-0.15, -0.1) is 11.3 Å². The van der Waals surface area contributed by atoms with Gasteiger partial charge in [-0.1, -0.05) is 6.92 Å². The normalized spacial score (nSPS) is 15.7. The van der Waals surface area contributed by atoms with Crippen molar-refractivity contribution in [3.05, 3.63) is 21.9 Å². The highest BCUT2D eigenvalue weighted by Crippen LogP contribution is 2.19. The molecule has 90 valence electrons. The summed E-state index contributed by atoms with van der Waals surface area (Å²) in [6, 6.07) is 3.67. The summed E-state index contributed by atoms with van der Waals surface area (Å²) in [5.41, 5.74) is 0. The average Bonchev–Trinajstić information content (AvgIpc) is 2.90. The second kappa shape index (κ2) is 4.79. The number of nitrogens with zero attached hydrogens (tertiary/aromatic N) is 1. The molecule has 0 aliphatic carbocycles. The van der Waals surface area contributed by atoms with E-state index in [-0.39, 0.29) is 37.0 Å². The summed E-state index contributed by atoms with van der Waals surface area (Å²) in [7, 11) is 0. The Labute approximate surface area is 103 Å². The van der Waals surface area contributed by atoms with Gasteiger partial charge in [-0.2, -0.15) is 0 Å². The van der Waals surface area contributed by atoms with Gasteiger partial charge in [0, 0.05) is 17.7 Å². The van der Waals surface area contributed by atoms with Crippen LogP contribution in [0.15, 0.2) is 12.1 Å². The van der Waals surface area contributed by atoms with Crippen molar-refractivity contribution in [3.8, 4) is 0 Å². The Balaban J connectivity index is 2.06. The van der Waals surface area contributed by atoms with Gasteiger partial charge in [-0.25, -0.2) is 0 Å². The molecule has 17 heavy (non-hydrogen) atoms. The fourth-order valence-corrected chi connectivity index (χ4v) is 2.62. The van der Waals surface area contributed by atoms with E-state index in [0.29, 0.717) is 4.88 Å². The number of imide groups is 1. The lowest BCUT2D eigenvalue weighted by Gasteiger charge is -2.11. The van der Waals surface area contributed by atoms with Gasteiger partial charge in [0.2, 0.25) is 11.8 Å². The fraction of sp³-hybridized carbons (Fsp3) is 0.417.